The zero-order chi connectivity index (χ0) is 20.7. The Morgan fingerprint density at radius 3 is 2.73 bits per heavy atom. The summed E-state index contributed by atoms with van der Waals surface area (Å²) in [5.74, 6) is 1.71. The molecule has 1 aromatic carbocycles. The lowest BCUT2D eigenvalue weighted by atomic mass is 9.72. The molecule has 0 amide bonds. The third-order valence-corrected chi connectivity index (χ3v) is 6.86. The second kappa shape index (κ2) is 7.73. The number of furan rings is 1. The molecule has 0 unspecified atom stereocenters. The molecule has 4 nitrogen and oxygen atoms in total. The summed E-state index contributed by atoms with van der Waals surface area (Å²) in [7, 11) is 0. The van der Waals surface area contributed by atoms with Crippen LogP contribution in [0.15, 0.2) is 22.6 Å². The Morgan fingerprint density at radius 2 is 1.90 bits per heavy atom. The molecule has 4 heteroatoms. The van der Waals surface area contributed by atoms with Crippen LogP contribution in [-0.4, -0.2) is 36.9 Å². The Balaban J connectivity index is 1.37. The van der Waals surface area contributed by atoms with Gasteiger partial charge in [0.15, 0.2) is 5.78 Å². The molecule has 1 fully saturated rings. The first-order chi connectivity index (χ1) is 14.6. The van der Waals surface area contributed by atoms with E-state index in [-0.39, 0.29) is 11.2 Å². The Labute approximate surface area is 178 Å². The molecule has 1 aromatic heterocycles. The fourth-order valence-corrected chi connectivity index (χ4v) is 5.17. The van der Waals surface area contributed by atoms with E-state index in [4.69, 9.17) is 9.15 Å². The van der Waals surface area contributed by atoms with Gasteiger partial charge in [0.2, 0.25) is 0 Å². The number of piperidine rings is 1. The van der Waals surface area contributed by atoms with E-state index in [1.807, 2.05) is 18.2 Å². The van der Waals surface area contributed by atoms with Gasteiger partial charge < -0.3 is 14.1 Å². The molecular weight excluding hydrogens is 374 g/mol. The molecular formula is C26H31NO3. The first-order valence-electron chi connectivity index (χ1n) is 11.4. The number of likely N-dealkylation sites (tertiary alicyclic amines) is 1. The number of carbonyl (C=O) groups excluding carboxylic acids is 1. The molecule has 2 aromatic rings. The lowest BCUT2D eigenvalue weighted by Crippen LogP contribution is -2.34. The number of carbonyl (C=O) groups is 1. The predicted molar refractivity (Wildman–Crippen MR) is 119 cm³/mol. The van der Waals surface area contributed by atoms with Gasteiger partial charge in [0, 0.05) is 22.7 Å². The van der Waals surface area contributed by atoms with Gasteiger partial charge in [-0.3, -0.25) is 4.79 Å². The molecule has 3 aliphatic rings. The highest BCUT2D eigenvalue weighted by Crippen LogP contribution is 2.41. The van der Waals surface area contributed by atoms with Crippen molar-refractivity contribution in [1.29, 1.82) is 0 Å². The van der Waals surface area contributed by atoms with E-state index in [1.165, 1.54) is 32.4 Å². The fraction of sp³-hybridized carbons (Fsp3) is 0.500. The minimum atomic E-state index is -0.370. The van der Waals surface area contributed by atoms with Crippen LogP contribution in [0, 0.1) is 0 Å². The van der Waals surface area contributed by atoms with Crippen molar-refractivity contribution in [3.8, 4) is 5.75 Å². The molecule has 1 saturated heterocycles. The number of fused-ring (bicyclic) bond motifs is 4. The molecule has 1 aliphatic heterocycles. The van der Waals surface area contributed by atoms with Gasteiger partial charge in [-0.1, -0.05) is 12.5 Å². The third kappa shape index (κ3) is 3.31. The van der Waals surface area contributed by atoms with Crippen molar-refractivity contribution in [2.24, 2.45) is 0 Å². The molecule has 2 heterocycles. The van der Waals surface area contributed by atoms with Gasteiger partial charge in [0.05, 0.1) is 12.2 Å². The summed E-state index contributed by atoms with van der Waals surface area (Å²) >= 11 is 0. The number of rotatable bonds is 5. The van der Waals surface area contributed by atoms with Crippen LogP contribution in [0.25, 0.3) is 12.2 Å². The number of ketones is 1. The Kier molecular flexibility index (Phi) is 5.06. The molecule has 0 atom stereocenters. The zero-order valence-corrected chi connectivity index (χ0v) is 18.1. The molecule has 158 valence electrons. The normalized spacial score (nSPS) is 19.9. The summed E-state index contributed by atoms with van der Waals surface area (Å²) in [6.45, 7) is 8.54. The smallest absolute Gasteiger partial charge is 0.197 e. The largest absolute Gasteiger partial charge is 0.494 e. The van der Waals surface area contributed by atoms with Crippen LogP contribution >= 0.6 is 0 Å². The lowest BCUT2D eigenvalue weighted by molar-refractivity contribution is 0.102. The van der Waals surface area contributed by atoms with Crippen molar-refractivity contribution >= 4 is 17.9 Å². The number of hydrogen-bond acceptors (Lipinski definition) is 4. The Morgan fingerprint density at radius 1 is 1.10 bits per heavy atom. The maximum absolute atomic E-state index is 13.3. The van der Waals surface area contributed by atoms with E-state index in [2.05, 4.69) is 30.9 Å². The number of nitrogens with zero attached hydrogens (tertiary/aromatic N) is 1. The average Bonchev–Trinajstić information content (AvgIpc) is 3.17. The molecule has 0 bridgehead atoms. The second-order valence-electron chi connectivity index (χ2n) is 9.34. The highest BCUT2D eigenvalue weighted by Gasteiger charge is 2.41. The summed E-state index contributed by atoms with van der Waals surface area (Å²) in [6, 6.07) is 5.93. The number of ether oxygens (including phenoxy) is 1. The van der Waals surface area contributed by atoms with E-state index in [9.17, 15) is 4.79 Å². The maximum atomic E-state index is 13.3. The van der Waals surface area contributed by atoms with Crippen molar-refractivity contribution in [2.75, 3.05) is 26.2 Å². The van der Waals surface area contributed by atoms with E-state index in [1.54, 1.807) is 0 Å². The molecule has 30 heavy (non-hydrogen) atoms. The van der Waals surface area contributed by atoms with E-state index < -0.39 is 0 Å². The quantitative estimate of drug-likeness (QED) is 0.711. The first kappa shape index (κ1) is 19.6. The molecule has 0 saturated carbocycles. The van der Waals surface area contributed by atoms with Gasteiger partial charge in [-0.2, -0.15) is 0 Å². The molecule has 0 radical (unpaired) electrons. The summed E-state index contributed by atoms with van der Waals surface area (Å²) in [4.78, 5) is 15.9. The monoisotopic (exact) mass is 405 g/mol. The van der Waals surface area contributed by atoms with Gasteiger partial charge in [-0.05, 0) is 88.9 Å². The van der Waals surface area contributed by atoms with Crippen LogP contribution < -0.4 is 15.4 Å². The minimum absolute atomic E-state index is 0.0764. The van der Waals surface area contributed by atoms with Crippen LogP contribution in [0.3, 0.4) is 0 Å². The van der Waals surface area contributed by atoms with Gasteiger partial charge in [-0.25, -0.2) is 0 Å². The molecule has 5 rings (SSSR count). The summed E-state index contributed by atoms with van der Waals surface area (Å²) in [6.07, 6.45) is 11.2. The van der Waals surface area contributed by atoms with E-state index >= 15 is 0 Å². The van der Waals surface area contributed by atoms with Gasteiger partial charge in [-0.15, -0.1) is 0 Å². The molecule has 0 spiro atoms. The summed E-state index contributed by atoms with van der Waals surface area (Å²) < 4.78 is 12.3. The first-order valence-corrected chi connectivity index (χ1v) is 11.4. The Bertz CT molecular complexity index is 1090. The van der Waals surface area contributed by atoms with Crippen LogP contribution in [0.2, 0.25) is 0 Å². The number of benzene rings is 1. The van der Waals surface area contributed by atoms with Gasteiger partial charge in [0.1, 0.15) is 16.9 Å². The standard InChI is InChI=1S/C26H31NO3/c1-26(2)21-17-18(29-16-8-15-27-13-6-3-7-14-27)11-12-19(21)24(28)23-20-9-4-5-10-22(20)30-25(23)26/h9-12,17H,3-8,13-16H2,1-2H3. The fourth-order valence-electron chi connectivity index (χ4n) is 5.17. The maximum Gasteiger partial charge on any atom is 0.197 e. The molecule has 2 aliphatic carbocycles. The molecule has 0 N–H and O–H groups in total. The summed E-state index contributed by atoms with van der Waals surface area (Å²) in [5.41, 5.74) is 3.02. The van der Waals surface area contributed by atoms with Crippen LogP contribution in [0.1, 0.15) is 79.6 Å². The average molecular weight is 406 g/mol. The van der Waals surface area contributed by atoms with Gasteiger partial charge >= 0.3 is 0 Å². The second-order valence-corrected chi connectivity index (χ2v) is 9.34. The van der Waals surface area contributed by atoms with Crippen molar-refractivity contribution in [3.63, 3.8) is 0 Å². The van der Waals surface area contributed by atoms with Crippen molar-refractivity contribution < 1.29 is 13.9 Å². The van der Waals surface area contributed by atoms with E-state index in [0.717, 1.165) is 64.6 Å². The van der Waals surface area contributed by atoms with Crippen molar-refractivity contribution in [3.05, 3.63) is 51.3 Å². The van der Waals surface area contributed by atoms with Crippen LogP contribution in [0.5, 0.6) is 5.75 Å². The van der Waals surface area contributed by atoms with Crippen molar-refractivity contribution in [2.45, 2.75) is 57.8 Å². The lowest BCUT2D eigenvalue weighted by Gasteiger charge is -2.31. The zero-order valence-electron chi connectivity index (χ0n) is 18.1. The van der Waals surface area contributed by atoms with Crippen LogP contribution in [0.4, 0.5) is 0 Å². The van der Waals surface area contributed by atoms with Crippen LogP contribution in [-0.2, 0) is 5.41 Å². The summed E-state index contributed by atoms with van der Waals surface area (Å²) in [5, 5.41) is 0.984. The van der Waals surface area contributed by atoms with E-state index in [0.29, 0.717) is 6.61 Å². The highest BCUT2D eigenvalue weighted by molar-refractivity contribution is 6.13. The Hall–Kier alpha value is -2.33. The minimum Gasteiger partial charge on any atom is -0.494 e. The third-order valence-electron chi connectivity index (χ3n) is 6.86. The highest BCUT2D eigenvalue weighted by atomic mass is 16.5. The van der Waals surface area contributed by atoms with Gasteiger partial charge in [0.25, 0.3) is 0 Å². The van der Waals surface area contributed by atoms with Crippen molar-refractivity contribution in [1.82, 2.24) is 4.90 Å². The topological polar surface area (TPSA) is 42.7 Å². The SMILES string of the molecule is CC1(C)c2cc(OCCCN3CCCCC3)ccc2C(=O)c2c1oc1c2=CCCC=1. The predicted octanol–water partition coefficient (Wildman–Crippen LogP) is 3.76. The number of hydrogen-bond donors (Lipinski definition) is 0.